The van der Waals surface area contributed by atoms with Gasteiger partial charge in [-0.15, -0.1) is 11.3 Å². The molecule has 106 valence electrons. The summed E-state index contributed by atoms with van der Waals surface area (Å²) in [6, 6.07) is 15.7. The molecular weight excluding hydrogens is 285 g/mol. The van der Waals surface area contributed by atoms with Gasteiger partial charge in [0.25, 0.3) is 0 Å². The summed E-state index contributed by atoms with van der Waals surface area (Å²) in [5.41, 5.74) is 1.01. The molecule has 0 saturated carbocycles. The van der Waals surface area contributed by atoms with E-state index in [0.717, 1.165) is 5.56 Å². The van der Waals surface area contributed by atoms with Crippen LogP contribution in [-0.2, 0) is 5.60 Å². The van der Waals surface area contributed by atoms with E-state index in [-0.39, 0.29) is 5.82 Å². The third kappa shape index (κ3) is 2.73. The number of rotatable bonds is 3. The highest BCUT2D eigenvalue weighted by molar-refractivity contribution is 7.10. The molecule has 2 aromatic carbocycles. The van der Waals surface area contributed by atoms with E-state index < -0.39 is 5.60 Å². The highest BCUT2D eigenvalue weighted by atomic mass is 32.1. The minimum absolute atomic E-state index is 0.295. The second-order valence-electron chi connectivity index (χ2n) is 4.99. The van der Waals surface area contributed by atoms with Crippen molar-refractivity contribution in [2.75, 3.05) is 0 Å². The Morgan fingerprint density at radius 3 is 2.57 bits per heavy atom. The quantitative estimate of drug-likeness (QED) is 0.786. The van der Waals surface area contributed by atoms with Gasteiger partial charge in [0.1, 0.15) is 16.4 Å². The SMILES string of the molecule is CC(O)(c1ccccc1)c1nc(-c2cccc(F)c2)cs1. The van der Waals surface area contributed by atoms with Gasteiger partial charge in [-0.05, 0) is 24.6 Å². The van der Waals surface area contributed by atoms with Crippen LogP contribution in [-0.4, -0.2) is 10.1 Å². The van der Waals surface area contributed by atoms with Gasteiger partial charge in [0.15, 0.2) is 0 Å². The molecule has 1 atom stereocenters. The molecule has 2 nitrogen and oxygen atoms in total. The highest BCUT2D eigenvalue weighted by Crippen LogP contribution is 2.33. The zero-order valence-electron chi connectivity index (χ0n) is 11.5. The van der Waals surface area contributed by atoms with E-state index in [1.54, 1.807) is 19.1 Å². The van der Waals surface area contributed by atoms with E-state index in [0.29, 0.717) is 16.3 Å². The van der Waals surface area contributed by atoms with Gasteiger partial charge in [-0.3, -0.25) is 0 Å². The first-order valence-electron chi connectivity index (χ1n) is 6.57. The Morgan fingerprint density at radius 1 is 1.10 bits per heavy atom. The van der Waals surface area contributed by atoms with Crippen molar-refractivity contribution in [3.05, 3.63) is 76.4 Å². The molecule has 0 amide bonds. The molecule has 1 N–H and O–H groups in total. The molecule has 0 aliphatic heterocycles. The minimum atomic E-state index is -1.16. The van der Waals surface area contributed by atoms with Gasteiger partial charge < -0.3 is 5.11 Å². The first-order valence-corrected chi connectivity index (χ1v) is 7.45. The van der Waals surface area contributed by atoms with E-state index in [1.807, 2.05) is 35.7 Å². The maximum atomic E-state index is 13.3. The predicted octanol–water partition coefficient (Wildman–Crippen LogP) is 4.21. The van der Waals surface area contributed by atoms with Crippen molar-refractivity contribution >= 4 is 11.3 Å². The van der Waals surface area contributed by atoms with Crippen LogP contribution >= 0.6 is 11.3 Å². The third-order valence-electron chi connectivity index (χ3n) is 3.38. The van der Waals surface area contributed by atoms with Crippen LogP contribution in [0.25, 0.3) is 11.3 Å². The Bertz CT molecular complexity index is 752. The van der Waals surface area contributed by atoms with Crippen molar-refractivity contribution in [3.63, 3.8) is 0 Å². The van der Waals surface area contributed by atoms with Crippen LogP contribution in [0.2, 0.25) is 0 Å². The van der Waals surface area contributed by atoms with Gasteiger partial charge in [-0.2, -0.15) is 0 Å². The van der Waals surface area contributed by atoms with Gasteiger partial charge in [-0.1, -0.05) is 42.5 Å². The maximum Gasteiger partial charge on any atom is 0.138 e. The van der Waals surface area contributed by atoms with Crippen LogP contribution in [0.1, 0.15) is 17.5 Å². The first kappa shape index (κ1) is 13.9. The molecule has 0 fully saturated rings. The van der Waals surface area contributed by atoms with Crippen molar-refractivity contribution in [1.29, 1.82) is 0 Å². The normalized spacial score (nSPS) is 13.9. The number of benzene rings is 2. The molecule has 3 rings (SSSR count). The summed E-state index contributed by atoms with van der Waals surface area (Å²) >= 11 is 1.37. The standard InChI is InChI=1S/C17H14FNOS/c1-17(20,13-7-3-2-4-8-13)16-19-15(11-21-16)12-6-5-9-14(18)10-12/h2-11,20H,1H3. The van der Waals surface area contributed by atoms with Crippen molar-refractivity contribution in [2.24, 2.45) is 0 Å². The number of halogens is 1. The number of nitrogens with zero attached hydrogens (tertiary/aromatic N) is 1. The second kappa shape index (κ2) is 5.39. The lowest BCUT2D eigenvalue weighted by Crippen LogP contribution is -2.22. The molecule has 0 spiro atoms. The molecule has 1 unspecified atom stereocenters. The van der Waals surface area contributed by atoms with Crippen LogP contribution in [0.15, 0.2) is 60.0 Å². The molecule has 21 heavy (non-hydrogen) atoms. The van der Waals surface area contributed by atoms with E-state index in [1.165, 1.54) is 23.5 Å². The van der Waals surface area contributed by atoms with Crippen LogP contribution in [0.5, 0.6) is 0 Å². The summed E-state index contributed by atoms with van der Waals surface area (Å²) in [5, 5.41) is 13.2. The Labute approximate surface area is 126 Å². The summed E-state index contributed by atoms with van der Waals surface area (Å²) in [6.07, 6.45) is 0. The minimum Gasteiger partial charge on any atom is -0.378 e. The number of aromatic nitrogens is 1. The van der Waals surface area contributed by atoms with Crippen LogP contribution in [0.4, 0.5) is 4.39 Å². The van der Waals surface area contributed by atoms with Gasteiger partial charge in [-0.25, -0.2) is 9.37 Å². The second-order valence-corrected chi connectivity index (χ2v) is 5.84. The Balaban J connectivity index is 1.98. The molecule has 0 radical (unpaired) electrons. The number of hydrogen-bond donors (Lipinski definition) is 1. The first-order chi connectivity index (χ1) is 10.1. The summed E-state index contributed by atoms with van der Waals surface area (Å²) in [7, 11) is 0. The average molecular weight is 299 g/mol. The molecule has 0 aliphatic rings. The summed E-state index contributed by atoms with van der Waals surface area (Å²) < 4.78 is 13.3. The van der Waals surface area contributed by atoms with Gasteiger partial charge in [0, 0.05) is 10.9 Å². The van der Waals surface area contributed by atoms with Crippen LogP contribution in [0, 0.1) is 5.82 Å². The topological polar surface area (TPSA) is 33.1 Å². The van der Waals surface area contributed by atoms with E-state index in [4.69, 9.17) is 0 Å². The monoisotopic (exact) mass is 299 g/mol. The Morgan fingerprint density at radius 2 is 1.86 bits per heavy atom. The molecule has 4 heteroatoms. The van der Waals surface area contributed by atoms with E-state index >= 15 is 0 Å². The smallest absolute Gasteiger partial charge is 0.138 e. The van der Waals surface area contributed by atoms with Crippen molar-refractivity contribution in [3.8, 4) is 11.3 Å². The fourth-order valence-corrected chi connectivity index (χ4v) is 3.07. The molecule has 1 heterocycles. The predicted molar refractivity (Wildman–Crippen MR) is 82.6 cm³/mol. The lowest BCUT2D eigenvalue weighted by Gasteiger charge is -2.20. The van der Waals surface area contributed by atoms with Gasteiger partial charge in [0.2, 0.25) is 0 Å². The lowest BCUT2D eigenvalue weighted by molar-refractivity contribution is 0.102. The largest absolute Gasteiger partial charge is 0.378 e. The van der Waals surface area contributed by atoms with Gasteiger partial charge >= 0.3 is 0 Å². The summed E-state index contributed by atoms with van der Waals surface area (Å²) in [4.78, 5) is 4.47. The van der Waals surface area contributed by atoms with E-state index in [9.17, 15) is 9.50 Å². The lowest BCUT2D eigenvalue weighted by atomic mass is 9.97. The maximum absolute atomic E-state index is 13.3. The fourth-order valence-electron chi connectivity index (χ4n) is 2.16. The highest BCUT2D eigenvalue weighted by Gasteiger charge is 2.29. The van der Waals surface area contributed by atoms with Crippen molar-refractivity contribution in [1.82, 2.24) is 4.98 Å². The Kier molecular flexibility index (Phi) is 3.57. The summed E-state index contributed by atoms with van der Waals surface area (Å²) in [5.74, 6) is -0.295. The van der Waals surface area contributed by atoms with Crippen molar-refractivity contribution in [2.45, 2.75) is 12.5 Å². The average Bonchev–Trinajstić information content (AvgIpc) is 2.99. The van der Waals surface area contributed by atoms with Gasteiger partial charge in [0.05, 0.1) is 5.69 Å². The number of aliphatic hydroxyl groups is 1. The molecule has 1 aromatic heterocycles. The number of thiazole rings is 1. The fraction of sp³-hybridized carbons (Fsp3) is 0.118. The third-order valence-corrected chi connectivity index (χ3v) is 4.43. The van der Waals surface area contributed by atoms with Crippen LogP contribution in [0.3, 0.4) is 0 Å². The van der Waals surface area contributed by atoms with Crippen molar-refractivity contribution < 1.29 is 9.50 Å². The zero-order valence-corrected chi connectivity index (χ0v) is 12.3. The molecular formula is C17H14FNOS. The molecule has 0 aliphatic carbocycles. The Hall–Kier alpha value is -2.04. The molecule has 0 bridgehead atoms. The van der Waals surface area contributed by atoms with Crippen LogP contribution < -0.4 is 0 Å². The molecule has 3 aromatic rings. The number of hydrogen-bond acceptors (Lipinski definition) is 3. The summed E-state index contributed by atoms with van der Waals surface area (Å²) in [6.45, 7) is 1.72. The van der Waals surface area contributed by atoms with E-state index in [2.05, 4.69) is 4.98 Å². The zero-order chi connectivity index (χ0) is 14.9. The molecule has 0 saturated heterocycles.